The maximum atomic E-state index is 2.43. The largest absolute Gasteiger partial charge is 0.0848 e. The average molecular weight is 371 g/mol. The Morgan fingerprint density at radius 3 is 1.78 bits per heavy atom. The molecule has 0 saturated heterocycles. The molecule has 0 N–H and O–H groups in total. The fraction of sp³-hybridized carbons (Fsp3) is 0.630. The SMILES string of the molecule is CCC(C)CCC(C)C(C)/C=C\C(C)/C(C)=C/C=C(C)/C(C)=C/C=C(C)C. The molecule has 0 amide bonds. The summed E-state index contributed by atoms with van der Waals surface area (Å²) < 4.78 is 0. The molecule has 0 aromatic rings. The molecule has 154 valence electrons. The third-order valence-corrected chi connectivity index (χ3v) is 6.02. The van der Waals surface area contributed by atoms with E-state index in [0.29, 0.717) is 11.8 Å². The Morgan fingerprint density at radius 2 is 1.26 bits per heavy atom. The Bertz CT molecular complexity index is 561. The molecule has 0 heterocycles. The van der Waals surface area contributed by atoms with Crippen molar-refractivity contribution >= 4 is 0 Å². The first-order valence-electron chi connectivity index (χ1n) is 10.9. The van der Waals surface area contributed by atoms with Crippen LogP contribution < -0.4 is 0 Å². The van der Waals surface area contributed by atoms with Crippen molar-refractivity contribution in [2.45, 2.75) is 88.5 Å². The second-order valence-corrected chi connectivity index (χ2v) is 8.95. The first-order chi connectivity index (χ1) is 12.6. The van der Waals surface area contributed by atoms with Gasteiger partial charge in [0.1, 0.15) is 0 Å². The van der Waals surface area contributed by atoms with Crippen molar-refractivity contribution in [1.82, 2.24) is 0 Å². The van der Waals surface area contributed by atoms with Gasteiger partial charge in [-0.05, 0) is 75.9 Å². The number of hydrogen-bond donors (Lipinski definition) is 0. The highest BCUT2D eigenvalue weighted by molar-refractivity contribution is 5.34. The van der Waals surface area contributed by atoms with Crippen molar-refractivity contribution in [3.8, 4) is 0 Å². The van der Waals surface area contributed by atoms with Gasteiger partial charge in [0.05, 0.1) is 0 Å². The molecule has 0 aromatic carbocycles. The lowest BCUT2D eigenvalue weighted by Gasteiger charge is -2.19. The lowest BCUT2D eigenvalue weighted by atomic mass is 9.87. The van der Waals surface area contributed by atoms with Crippen LogP contribution in [0.25, 0.3) is 0 Å². The maximum Gasteiger partial charge on any atom is -0.00512 e. The second-order valence-electron chi connectivity index (χ2n) is 8.95. The topological polar surface area (TPSA) is 0 Å². The second kappa shape index (κ2) is 13.8. The molecule has 4 atom stereocenters. The zero-order valence-electron chi connectivity index (χ0n) is 19.9. The van der Waals surface area contributed by atoms with Crippen LogP contribution in [0.5, 0.6) is 0 Å². The molecule has 4 unspecified atom stereocenters. The van der Waals surface area contributed by atoms with Gasteiger partial charge in [-0.25, -0.2) is 0 Å². The van der Waals surface area contributed by atoms with Gasteiger partial charge in [0, 0.05) is 0 Å². The number of rotatable bonds is 11. The summed E-state index contributed by atoms with van der Waals surface area (Å²) in [5.74, 6) is 2.75. The van der Waals surface area contributed by atoms with Crippen LogP contribution in [0.15, 0.2) is 58.7 Å². The fourth-order valence-corrected chi connectivity index (χ4v) is 2.66. The quantitative estimate of drug-likeness (QED) is 0.251. The van der Waals surface area contributed by atoms with E-state index in [9.17, 15) is 0 Å². The van der Waals surface area contributed by atoms with E-state index in [1.807, 2.05) is 0 Å². The Hall–Kier alpha value is -1.30. The smallest absolute Gasteiger partial charge is 0.00512 e. The van der Waals surface area contributed by atoms with Crippen LogP contribution in [0.1, 0.15) is 88.5 Å². The Labute approximate surface area is 171 Å². The van der Waals surface area contributed by atoms with Crippen LogP contribution in [0.2, 0.25) is 0 Å². The van der Waals surface area contributed by atoms with E-state index < -0.39 is 0 Å². The lowest BCUT2D eigenvalue weighted by molar-refractivity contribution is 0.369. The van der Waals surface area contributed by atoms with Crippen LogP contribution in [0.3, 0.4) is 0 Å². The molecule has 0 bridgehead atoms. The molecule has 0 fully saturated rings. The monoisotopic (exact) mass is 370 g/mol. The minimum Gasteiger partial charge on any atom is -0.0848 e. The van der Waals surface area contributed by atoms with Gasteiger partial charge >= 0.3 is 0 Å². The molecule has 27 heavy (non-hydrogen) atoms. The zero-order chi connectivity index (χ0) is 21.0. The average Bonchev–Trinajstić information content (AvgIpc) is 2.64. The van der Waals surface area contributed by atoms with Crippen LogP contribution in [0, 0.1) is 23.7 Å². The van der Waals surface area contributed by atoms with Crippen LogP contribution in [0.4, 0.5) is 0 Å². The van der Waals surface area contributed by atoms with Crippen molar-refractivity contribution in [2.24, 2.45) is 23.7 Å². The van der Waals surface area contributed by atoms with Gasteiger partial charge < -0.3 is 0 Å². The predicted octanol–water partition coefficient (Wildman–Crippen LogP) is 9.08. The van der Waals surface area contributed by atoms with E-state index in [2.05, 4.69) is 106 Å². The Morgan fingerprint density at radius 1 is 0.704 bits per heavy atom. The molecule has 0 rings (SSSR count). The summed E-state index contributed by atoms with van der Waals surface area (Å²) in [6, 6.07) is 0. The highest BCUT2D eigenvalue weighted by Crippen LogP contribution is 2.23. The number of allylic oxidation sites excluding steroid dienone is 10. The Balaban J connectivity index is 4.79. The van der Waals surface area contributed by atoms with Gasteiger partial charge in [-0.2, -0.15) is 0 Å². The van der Waals surface area contributed by atoms with Crippen molar-refractivity contribution in [1.29, 1.82) is 0 Å². The molecule has 0 saturated carbocycles. The fourth-order valence-electron chi connectivity index (χ4n) is 2.66. The van der Waals surface area contributed by atoms with E-state index in [1.165, 1.54) is 41.6 Å². The minimum absolute atomic E-state index is 0.486. The molecule has 0 spiro atoms. The van der Waals surface area contributed by atoms with Crippen molar-refractivity contribution in [3.05, 3.63) is 58.7 Å². The van der Waals surface area contributed by atoms with Gasteiger partial charge in [-0.3, -0.25) is 0 Å². The lowest BCUT2D eigenvalue weighted by Crippen LogP contribution is -2.08. The standard InChI is InChI=1S/C27H46/c1-11-21(4)13-15-23(6)25(8)17-19-27(10)26(9)18-16-24(7)22(5)14-12-20(2)3/h12,14,16-19,21,23,25,27H,11,13,15H2,1-10H3/b19-17-,22-14+,24-16+,26-18+. The summed E-state index contributed by atoms with van der Waals surface area (Å²) in [5, 5.41) is 0. The molecule has 0 aliphatic heterocycles. The molecule has 0 heteroatoms. The minimum atomic E-state index is 0.486. The van der Waals surface area contributed by atoms with Gasteiger partial charge in [0.2, 0.25) is 0 Å². The van der Waals surface area contributed by atoms with E-state index in [4.69, 9.17) is 0 Å². The molecule has 0 aromatic heterocycles. The summed E-state index contributed by atoms with van der Waals surface area (Å²) in [5.41, 5.74) is 5.41. The summed E-state index contributed by atoms with van der Waals surface area (Å²) >= 11 is 0. The van der Waals surface area contributed by atoms with Gasteiger partial charge in [0.15, 0.2) is 0 Å². The summed E-state index contributed by atoms with van der Waals surface area (Å²) in [4.78, 5) is 0. The Kier molecular flexibility index (Phi) is 13.1. The first-order valence-corrected chi connectivity index (χ1v) is 10.9. The normalized spacial score (nSPS) is 18.4. The summed E-state index contributed by atoms with van der Waals surface area (Å²) in [7, 11) is 0. The molecule has 0 radical (unpaired) electrons. The van der Waals surface area contributed by atoms with Crippen molar-refractivity contribution < 1.29 is 0 Å². The summed E-state index contributed by atoms with van der Waals surface area (Å²) in [6.45, 7) is 22.6. The van der Waals surface area contributed by atoms with E-state index in [1.54, 1.807) is 0 Å². The summed E-state index contributed by atoms with van der Waals surface area (Å²) in [6.07, 6.45) is 17.7. The third-order valence-electron chi connectivity index (χ3n) is 6.02. The van der Waals surface area contributed by atoms with Gasteiger partial charge in [0.25, 0.3) is 0 Å². The maximum absolute atomic E-state index is 2.43. The van der Waals surface area contributed by atoms with Gasteiger partial charge in [-0.15, -0.1) is 0 Å². The molecular formula is C27H46. The number of hydrogen-bond acceptors (Lipinski definition) is 0. The molecule has 0 nitrogen and oxygen atoms in total. The van der Waals surface area contributed by atoms with Gasteiger partial charge in [-0.1, -0.05) is 95.1 Å². The van der Waals surface area contributed by atoms with Crippen molar-refractivity contribution in [2.75, 3.05) is 0 Å². The first kappa shape index (κ1) is 25.7. The van der Waals surface area contributed by atoms with E-state index in [-0.39, 0.29) is 0 Å². The van der Waals surface area contributed by atoms with Crippen LogP contribution >= 0.6 is 0 Å². The van der Waals surface area contributed by atoms with E-state index in [0.717, 1.165) is 11.8 Å². The highest BCUT2D eigenvalue weighted by atomic mass is 14.2. The highest BCUT2D eigenvalue weighted by Gasteiger charge is 2.11. The van der Waals surface area contributed by atoms with Crippen molar-refractivity contribution in [3.63, 3.8) is 0 Å². The van der Waals surface area contributed by atoms with Crippen LogP contribution in [-0.4, -0.2) is 0 Å². The molecular weight excluding hydrogens is 324 g/mol. The molecule has 0 aliphatic carbocycles. The zero-order valence-corrected chi connectivity index (χ0v) is 19.9. The third kappa shape index (κ3) is 11.9. The molecule has 0 aliphatic rings. The predicted molar refractivity (Wildman–Crippen MR) is 126 cm³/mol. The van der Waals surface area contributed by atoms with E-state index >= 15 is 0 Å². The van der Waals surface area contributed by atoms with Crippen LogP contribution in [-0.2, 0) is 0 Å².